The number of halogens is 1. The van der Waals surface area contributed by atoms with Crippen LogP contribution >= 0.6 is 22.9 Å². The van der Waals surface area contributed by atoms with E-state index in [1.165, 1.54) is 0 Å². The second kappa shape index (κ2) is 6.72. The van der Waals surface area contributed by atoms with Crippen LogP contribution in [0.3, 0.4) is 0 Å². The molecule has 23 heavy (non-hydrogen) atoms. The molecule has 1 fully saturated rings. The summed E-state index contributed by atoms with van der Waals surface area (Å²) in [5.41, 5.74) is 5.31. The number of benzene rings is 1. The molecule has 2 amide bonds. The summed E-state index contributed by atoms with van der Waals surface area (Å²) in [6.07, 6.45) is 4.60. The molecule has 2 N–H and O–H groups in total. The summed E-state index contributed by atoms with van der Waals surface area (Å²) in [6.45, 7) is 1.13. The number of primary amides is 1. The van der Waals surface area contributed by atoms with E-state index in [1.54, 1.807) is 28.4 Å². The van der Waals surface area contributed by atoms with Gasteiger partial charge in [0.05, 0.1) is 5.02 Å². The van der Waals surface area contributed by atoms with Gasteiger partial charge in [-0.15, -0.1) is 11.3 Å². The number of rotatable bonds is 3. The van der Waals surface area contributed by atoms with Crippen LogP contribution in [0.4, 0.5) is 0 Å². The molecule has 1 aliphatic rings. The fraction of sp³-hybridized carbons (Fsp3) is 0.294. The Hall–Kier alpha value is -1.85. The maximum Gasteiger partial charge on any atom is 0.246 e. The molecule has 6 heteroatoms. The number of nitrogens with zero attached hydrogens (tertiary/aromatic N) is 1. The monoisotopic (exact) mass is 348 g/mol. The van der Waals surface area contributed by atoms with Crippen molar-refractivity contribution in [2.45, 2.75) is 12.8 Å². The normalized spacial score (nSPS) is 16.3. The third-order valence-corrected chi connectivity index (χ3v) is 5.80. The number of likely N-dealkylation sites (tertiary alicyclic amines) is 1. The largest absolute Gasteiger partial charge is 0.369 e. The van der Waals surface area contributed by atoms with Crippen molar-refractivity contribution in [3.05, 3.63) is 40.2 Å². The van der Waals surface area contributed by atoms with Gasteiger partial charge in [0.1, 0.15) is 0 Å². The highest BCUT2D eigenvalue weighted by Crippen LogP contribution is 2.35. The molecule has 3 rings (SSSR count). The van der Waals surface area contributed by atoms with Crippen molar-refractivity contribution in [3.8, 4) is 0 Å². The number of piperidine rings is 1. The van der Waals surface area contributed by atoms with E-state index in [2.05, 4.69) is 0 Å². The van der Waals surface area contributed by atoms with E-state index in [1.807, 2.05) is 24.3 Å². The van der Waals surface area contributed by atoms with Gasteiger partial charge in [-0.1, -0.05) is 29.8 Å². The number of amides is 2. The lowest BCUT2D eigenvalue weighted by atomic mass is 9.96. The summed E-state index contributed by atoms with van der Waals surface area (Å²) in [7, 11) is 0. The molecular formula is C17H17ClN2O2S. The Morgan fingerprint density at radius 2 is 1.96 bits per heavy atom. The van der Waals surface area contributed by atoms with Gasteiger partial charge in [0, 0.05) is 40.0 Å². The minimum atomic E-state index is -0.273. The first kappa shape index (κ1) is 16.0. The van der Waals surface area contributed by atoms with Gasteiger partial charge in [-0.2, -0.15) is 0 Å². The zero-order valence-electron chi connectivity index (χ0n) is 12.5. The Kier molecular flexibility index (Phi) is 4.68. The van der Waals surface area contributed by atoms with Gasteiger partial charge >= 0.3 is 0 Å². The molecule has 1 saturated heterocycles. The lowest BCUT2D eigenvalue weighted by molar-refractivity contribution is -0.130. The van der Waals surface area contributed by atoms with Gasteiger partial charge in [-0.3, -0.25) is 9.59 Å². The molecule has 0 unspecified atom stereocenters. The maximum atomic E-state index is 12.3. The molecule has 0 spiro atoms. The number of thiophene rings is 1. The van der Waals surface area contributed by atoms with E-state index in [-0.39, 0.29) is 17.7 Å². The van der Waals surface area contributed by atoms with E-state index in [0.717, 1.165) is 15.0 Å². The highest BCUT2D eigenvalue weighted by Gasteiger charge is 2.24. The topological polar surface area (TPSA) is 63.4 Å². The minimum Gasteiger partial charge on any atom is -0.369 e. The average molecular weight is 349 g/mol. The molecule has 0 atom stereocenters. The third-order valence-electron chi connectivity index (χ3n) is 4.15. The van der Waals surface area contributed by atoms with Crippen LogP contribution in [0.1, 0.15) is 17.7 Å². The van der Waals surface area contributed by atoms with Crippen LogP contribution in [-0.2, 0) is 9.59 Å². The highest BCUT2D eigenvalue weighted by atomic mass is 35.5. The van der Waals surface area contributed by atoms with Gasteiger partial charge in [0.15, 0.2) is 0 Å². The fourth-order valence-electron chi connectivity index (χ4n) is 2.78. The summed E-state index contributed by atoms with van der Waals surface area (Å²) in [4.78, 5) is 26.0. The minimum absolute atomic E-state index is 0.0542. The number of fused-ring (bicyclic) bond motifs is 1. The smallest absolute Gasteiger partial charge is 0.246 e. The standard InChI is InChI=1S/C17H17ClN2O2S/c18-16-12-3-1-2-4-13(12)23-14(16)5-6-15(21)20-9-7-11(8-10-20)17(19)22/h1-6,11H,7-10H2,(H2,19,22)/b6-5+. The molecule has 120 valence electrons. The molecular weight excluding hydrogens is 332 g/mol. The predicted molar refractivity (Wildman–Crippen MR) is 94.4 cm³/mol. The van der Waals surface area contributed by atoms with Crippen LogP contribution in [0.5, 0.6) is 0 Å². The number of carbonyl (C=O) groups is 2. The maximum absolute atomic E-state index is 12.3. The molecule has 0 radical (unpaired) electrons. The fourth-order valence-corrected chi connectivity index (χ4v) is 4.18. The van der Waals surface area contributed by atoms with Gasteiger partial charge in [0.2, 0.25) is 11.8 Å². The molecule has 0 bridgehead atoms. The third kappa shape index (κ3) is 3.41. The summed E-state index contributed by atoms with van der Waals surface area (Å²) in [5, 5.41) is 1.69. The first-order valence-corrected chi connectivity index (χ1v) is 8.69. The molecule has 0 saturated carbocycles. The Morgan fingerprint density at radius 3 is 2.61 bits per heavy atom. The lowest BCUT2D eigenvalue weighted by Gasteiger charge is -2.29. The van der Waals surface area contributed by atoms with E-state index in [4.69, 9.17) is 17.3 Å². The van der Waals surface area contributed by atoms with Crippen molar-refractivity contribution in [1.29, 1.82) is 0 Å². The summed E-state index contributed by atoms with van der Waals surface area (Å²) >= 11 is 7.93. The van der Waals surface area contributed by atoms with E-state index in [0.29, 0.717) is 31.0 Å². The van der Waals surface area contributed by atoms with Crippen LogP contribution in [0, 0.1) is 5.92 Å². The second-order valence-corrected chi connectivity index (χ2v) is 7.07. The number of carbonyl (C=O) groups excluding carboxylic acids is 2. The van der Waals surface area contributed by atoms with Gasteiger partial charge in [0.25, 0.3) is 0 Å². The van der Waals surface area contributed by atoms with Crippen LogP contribution in [0.25, 0.3) is 16.2 Å². The van der Waals surface area contributed by atoms with Gasteiger partial charge in [-0.05, 0) is 25.0 Å². The molecule has 0 aliphatic carbocycles. The Bertz CT molecular complexity index is 776. The van der Waals surface area contributed by atoms with Crippen molar-refractivity contribution in [2.75, 3.05) is 13.1 Å². The zero-order valence-corrected chi connectivity index (χ0v) is 14.1. The Morgan fingerprint density at radius 1 is 1.26 bits per heavy atom. The van der Waals surface area contributed by atoms with E-state index < -0.39 is 0 Å². The summed E-state index contributed by atoms with van der Waals surface area (Å²) in [5.74, 6) is -0.439. The number of hydrogen-bond acceptors (Lipinski definition) is 3. The molecule has 1 aromatic heterocycles. The first-order valence-electron chi connectivity index (χ1n) is 7.49. The van der Waals surface area contributed by atoms with E-state index >= 15 is 0 Å². The summed E-state index contributed by atoms with van der Waals surface area (Å²) < 4.78 is 1.10. The van der Waals surface area contributed by atoms with Crippen molar-refractivity contribution in [1.82, 2.24) is 4.90 Å². The molecule has 2 aromatic rings. The predicted octanol–water partition coefficient (Wildman–Crippen LogP) is 3.29. The van der Waals surface area contributed by atoms with Crippen LogP contribution in [-0.4, -0.2) is 29.8 Å². The van der Waals surface area contributed by atoms with Gasteiger partial charge in [-0.25, -0.2) is 0 Å². The molecule has 1 aromatic carbocycles. The quantitative estimate of drug-likeness (QED) is 0.865. The van der Waals surface area contributed by atoms with E-state index in [9.17, 15) is 9.59 Å². The van der Waals surface area contributed by atoms with Crippen LogP contribution < -0.4 is 5.73 Å². The molecule has 1 aliphatic heterocycles. The van der Waals surface area contributed by atoms with Crippen molar-refractivity contribution >= 4 is 50.9 Å². The average Bonchev–Trinajstić information content (AvgIpc) is 2.89. The highest BCUT2D eigenvalue weighted by molar-refractivity contribution is 7.20. The van der Waals surface area contributed by atoms with Crippen LogP contribution in [0.15, 0.2) is 30.3 Å². The molecule has 2 heterocycles. The second-order valence-electron chi connectivity index (χ2n) is 5.61. The van der Waals surface area contributed by atoms with Crippen molar-refractivity contribution < 1.29 is 9.59 Å². The lowest BCUT2D eigenvalue weighted by Crippen LogP contribution is -2.41. The van der Waals surface area contributed by atoms with Crippen LogP contribution in [0.2, 0.25) is 5.02 Å². The SMILES string of the molecule is NC(=O)C1CCN(C(=O)/C=C/c2sc3ccccc3c2Cl)CC1. The Labute approximate surface area is 143 Å². The van der Waals surface area contributed by atoms with Gasteiger partial charge < -0.3 is 10.6 Å². The van der Waals surface area contributed by atoms with Crippen molar-refractivity contribution in [2.24, 2.45) is 11.7 Å². The number of hydrogen-bond donors (Lipinski definition) is 1. The summed E-state index contributed by atoms with van der Waals surface area (Å²) in [6, 6.07) is 7.90. The first-order chi connectivity index (χ1) is 11.1. The Balaban J connectivity index is 1.68. The number of nitrogens with two attached hydrogens (primary N) is 1. The molecule has 4 nitrogen and oxygen atoms in total. The van der Waals surface area contributed by atoms with Crippen molar-refractivity contribution in [3.63, 3.8) is 0 Å². The zero-order chi connectivity index (χ0) is 16.4.